The first-order valence-corrected chi connectivity index (χ1v) is 15.0. The van der Waals surface area contributed by atoms with Crippen molar-refractivity contribution in [3.05, 3.63) is 168 Å². The molecule has 0 bridgehead atoms. The number of nitrogens with one attached hydrogen (secondary N) is 2. The van der Waals surface area contributed by atoms with Gasteiger partial charge in [-0.25, -0.2) is 4.99 Å². The van der Waals surface area contributed by atoms with E-state index in [2.05, 4.69) is 104 Å². The molecule has 0 atom stereocenters. The van der Waals surface area contributed by atoms with Gasteiger partial charge in [-0.3, -0.25) is 0 Å². The highest BCUT2D eigenvalue weighted by atomic mass is 15.0. The lowest BCUT2D eigenvalue weighted by Gasteiger charge is -2.23. The van der Waals surface area contributed by atoms with Crippen molar-refractivity contribution in [3.63, 3.8) is 0 Å². The Labute approximate surface area is 259 Å². The lowest BCUT2D eigenvalue weighted by Crippen LogP contribution is -2.15. The molecule has 3 nitrogen and oxygen atoms in total. The Bertz CT molecular complexity index is 1990. The van der Waals surface area contributed by atoms with E-state index in [1.165, 1.54) is 33.4 Å². The lowest BCUT2D eigenvalue weighted by molar-refractivity contribution is 0.660. The second-order valence-corrected chi connectivity index (χ2v) is 11.7. The van der Waals surface area contributed by atoms with Gasteiger partial charge in [0.25, 0.3) is 0 Å². The van der Waals surface area contributed by atoms with E-state index in [0.717, 1.165) is 33.6 Å². The van der Waals surface area contributed by atoms with Crippen molar-refractivity contribution >= 4 is 23.4 Å². The quantitative estimate of drug-likeness (QED) is 0.156. The molecule has 7 rings (SSSR count). The standard InChI is InChI=1S/C41H33N3/c1-41(2)36-19-11-9-17-32(36)35-26-39(34(25-37(35)41)30-23-21-29(22-24-30)28-13-5-3-6-14-28)43-27-44-40(31-15-7-4-8-16-31)33-18-10-12-20-38(33)42/h3-27,42H,1-2H3,(H,43,44)/b40-33-,42-38?. The SMILES string of the molecule is CC1(C)c2ccccc2-c2cc(N/C=N/C(=C3/C=CC=CC3=N)c3ccccc3)c(-c3ccc(-c4ccccc4)cc3)cc21. The Hall–Kier alpha value is -5.54. The molecular formula is C41H33N3. The molecule has 0 aromatic heterocycles. The fourth-order valence-electron chi connectivity index (χ4n) is 6.33. The molecule has 0 unspecified atom stereocenters. The summed E-state index contributed by atoms with van der Waals surface area (Å²) in [4.78, 5) is 4.94. The first kappa shape index (κ1) is 27.3. The first-order valence-electron chi connectivity index (χ1n) is 15.0. The first-order chi connectivity index (χ1) is 21.5. The largest absolute Gasteiger partial charge is 0.346 e. The molecule has 0 spiro atoms. The van der Waals surface area contributed by atoms with E-state index in [4.69, 9.17) is 10.4 Å². The van der Waals surface area contributed by atoms with E-state index in [0.29, 0.717) is 5.71 Å². The molecule has 0 radical (unpaired) electrons. The summed E-state index contributed by atoms with van der Waals surface area (Å²) in [6, 6.07) is 42.7. The highest BCUT2D eigenvalue weighted by molar-refractivity contribution is 6.14. The highest BCUT2D eigenvalue weighted by Gasteiger charge is 2.36. The maximum Gasteiger partial charge on any atom is 0.0931 e. The Balaban J connectivity index is 1.33. The zero-order valence-electron chi connectivity index (χ0n) is 24.9. The van der Waals surface area contributed by atoms with Crippen molar-refractivity contribution < 1.29 is 0 Å². The van der Waals surface area contributed by atoms with Crippen LogP contribution in [0.25, 0.3) is 39.1 Å². The molecule has 5 aromatic rings. The summed E-state index contributed by atoms with van der Waals surface area (Å²) in [5, 5.41) is 12.1. The van der Waals surface area contributed by atoms with Gasteiger partial charge in [0.15, 0.2) is 0 Å². The third-order valence-electron chi connectivity index (χ3n) is 8.67. The average Bonchev–Trinajstić information content (AvgIpc) is 3.29. The van der Waals surface area contributed by atoms with Gasteiger partial charge < -0.3 is 10.7 Å². The van der Waals surface area contributed by atoms with Crippen LogP contribution in [-0.2, 0) is 5.41 Å². The van der Waals surface area contributed by atoms with Crippen LogP contribution in [0, 0.1) is 5.41 Å². The predicted octanol–water partition coefficient (Wildman–Crippen LogP) is 10.3. The Morgan fingerprint density at radius 2 is 1.27 bits per heavy atom. The van der Waals surface area contributed by atoms with E-state index in [1.807, 2.05) is 54.6 Å². The molecule has 5 aromatic carbocycles. The second-order valence-electron chi connectivity index (χ2n) is 11.7. The van der Waals surface area contributed by atoms with E-state index in [1.54, 1.807) is 12.4 Å². The van der Waals surface area contributed by atoms with Crippen molar-refractivity contribution in [2.24, 2.45) is 4.99 Å². The van der Waals surface area contributed by atoms with Crippen LogP contribution in [0.3, 0.4) is 0 Å². The van der Waals surface area contributed by atoms with Crippen molar-refractivity contribution in [3.8, 4) is 33.4 Å². The third kappa shape index (κ3) is 4.93. The minimum absolute atomic E-state index is 0.108. The number of allylic oxidation sites excluding steroid dienone is 5. The van der Waals surface area contributed by atoms with Crippen LogP contribution < -0.4 is 5.32 Å². The van der Waals surface area contributed by atoms with Crippen LogP contribution in [0.5, 0.6) is 0 Å². The van der Waals surface area contributed by atoms with Crippen LogP contribution in [0.2, 0.25) is 0 Å². The molecule has 0 heterocycles. The normalized spacial score (nSPS) is 15.7. The summed E-state index contributed by atoms with van der Waals surface area (Å²) >= 11 is 0. The van der Waals surface area contributed by atoms with Gasteiger partial charge in [-0.15, -0.1) is 0 Å². The van der Waals surface area contributed by atoms with Crippen LogP contribution in [0.1, 0.15) is 30.5 Å². The fraction of sp³-hybridized carbons (Fsp3) is 0.0732. The number of fused-ring (bicyclic) bond motifs is 3. The van der Waals surface area contributed by atoms with Gasteiger partial charge in [0.1, 0.15) is 0 Å². The number of anilines is 1. The molecule has 3 heteroatoms. The Morgan fingerprint density at radius 1 is 0.636 bits per heavy atom. The van der Waals surface area contributed by atoms with E-state index in [-0.39, 0.29) is 5.41 Å². The summed E-state index contributed by atoms with van der Waals surface area (Å²) < 4.78 is 0. The summed E-state index contributed by atoms with van der Waals surface area (Å²) in [7, 11) is 0. The van der Waals surface area contributed by atoms with Crippen molar-refractivity contribution in [1.29, 1.82) is 5.41 Å². The van der Waals surface area contributed by atoms with E-state index < -0.39 is 0 Å². The molecule has 44 heavy (non-hydrogen) atoms. The van der Waals surface area contributed by atoms with Crippen LogP contribution in [0.4, 0.5) is 5.69 Å². The van der Waals surface area contributed by atoms with Gasteiger partial charge in [0, 0.05) is 27.8 Å². The Kier molecular flexibility index (Phi) is 7.00. The molecule has 0 amide bonds. The highest BCUT2D eigenvalue weighted by Crippen LogP contribution is 2.51. The number of hydrogen-bond donors (Lipinski definition) is 2. The van der Waals surface area contributed by atoms with Gasteiger partial charge in [-0.1, -0.05) is 141 Å². The summed E-state index contributed by atoms with van der Waals surface area (Å²) in [6.45, 7) is 4.63. The summed E-state index contributed by atoms with van der Waals surface area (Å²) in [5.74, 6) is 0. The molecule has 0 fully saturated rings. The molecule has 2 N–H and O–H groups in total. The number of benzene rings is 5. The lowest BCUT2D eigenvalue weighted by atomic mass is 9.81. The van der Waals surface area contributed by atoms with Crippen molar-refractivity contribution in [1.82, 2.24) is 0 Å². The molecular weight excluding hydrogens is 534 g/mol. The monoisotopic (exact) mass is 567 g/mol. The van der Waals surface area contributed by atoms with Crippen LogP contribution in [0.15, 0.2) is 156 Å². The van der Waals surface area contributed by atoms with Crippen LogP contribution >= 0.6 is 0 Å². The zero-order chi connectivity index (χ0) is 30.1. The number of aliphatic imine (C=N–C) groups is 1. The van der Waals surface area contributed by atoms with Crippen LogP contribution in [-0.4, -0.2) is 12.1 Å². The van der Waals surface area contributed by atoms with Gasteiger partial charge in [-0.05, 0) is 57.2 Å². The third-order valence-corrected chi connectivity index (χ3v) is 8.67. The maximum absolute atomic E-state index is 8.55. The molecule has 0 saturated heterocycles. The van der Waals surface area contributed by atoms with Gasteiger partial charge in [0.2, 0.25) is 0 Å². The average molecular weight is 568 g/mol. The number of rotatable bonds is 6. The topological polar surface area (TPSA) is 48.2 Å². The van der Waals surface area contributed by atoms with E-state index in [9.17, 15) is 0 Å². The minimum atomic E-state index is -0.108. The molecule has 0 aliphatic heterocycles. The van der Waals surface area contributed by atoms with Crippen molar-refractivity contribution in [2.75, 3.05) is 5.32 Å². The summed E-state index contributed by atoms with van der Waals surface area (Å²) in [5.41, 5.74) is 13.7. The molecule has 0 saturated carbocycles. The molecule has 2 aliphatic rings. The van der Waals surface area contributed by atoms with Gasteiger partial charge >= 0.3 is 0 Å². The number of nitrogens with zero attached hydrogens (tertiary/aromatic N) is 1. The fourth-order valence-corrected chi connectivity index (χ4v) is 6.33. The minimum Gasteiger partial charge on any atom is -0.346 e. The second kappa shape index (κ2) is 11.3. The maximum atomic E-state index is 8.55. The number of hydrogen-bond acceptors (Lipinski definition) is 2. The molecule has 212 valence electrons. The van der Waals surface area contributed by atoms with E-state index >= 15 is 0 Å². The van der Waals surface area contributed by atoms with Crippen molar-refractivity contribution in [2.45, 2.75) is 19.3 Å². The Morgan fingerprint density at radius 3 is 2.02 bits per heavy atom. The predicted molar refractivity (Wildman–Crippen MR) is 186 cm³/mol. The smallest absolute Gasteiger partial charge is 0.0931 e. The van der Waals surface area contributed by atoms with Gasteiger partial charge in [0.05, 0.1) is 17.7 Å². The summed E-state index contributed by atoms with van der Waals surface area (Å²) in [6.07, 6.45) is 9.37. The van der Waals surface area contributed by atoms with Gasteiger partial charge in [-0.2, -0.15) is 0 Å². The molecule has 2 aliphatic carbocycles. The zero-order valence-corrected chi connectivity index (χ0v) is 24.9.